The van der Waals surface area contributed by atoms with Gasteiger partial charge in [-0.1, -0.05) is 128 Å². The van der Waals surface area contributed by atoms with Crippen LogP contribution in [-0.2, 0) is 0 Å². The molecule has 0 N–H and O–H groups in total. The molecule has 7 aromatic carbocycles. The normalized spacial score (nSPS) is 12.6. The van der Waals surface area contributed by atoms with Crippen molar-refractivity contribution >= 4 is 78.1 Å². The standard InChI is InChI=1S/C47H32N2O/c1-3-4-15-34-30(2)48(33-24-22-31(23-25-33)35-18-12-19-41-37-17-9-11-21-44(37)50-47(35)41)43-29-28-40-38(45(34)43)26-27-39-36-16-8-10-20-42(36)49(46(39)40)32-13-6-5-7-14-32/h3-29H,2H2,1H3/b4-3-,34-15+. The lowest BCUT2D eigenvalue weighted by atomic mass is 10.0. The zero-order valence-electron chi connectivity index (χ0n) is 27.6. The van der Waals surface area contributed by atoms with Crippen molar-refractivity contribution < 1.29 is 4.42 Å². The van der Waals surface area contributed by atoms with Crippen LogP contribution in [0.4, 0.5) is 0 Å². The van der Waals surface area contributed by atoms with E-state index in [1.54, 1.807) is 0 Å². The van der Waals surface area contributed by atoms with Crippen molar-refractivity contribution in [3.05, 3.63) is 168 Å². The van der Waals surface area contributed by atoms with E-state index in [9.17, 15) is 0 Å². The fourth-order valence-electron chi connectivity index (χ4n) is 8.01. The average molecular weight is 641 g/mol. The van der Waals surface area contributed by atoms with Crippen LogP contribution in [0.3, 0.4) is 0 Å². The number of allylic oxidation sites excluding steroid dienone is 2. The summed E-state index contributed by atoms with van der Waals surface area (Å²) >= 11 is 0. The number of furan rings is 1. The molecule has 10 aromatic rings. The van der Waals surface area contributed by atoms with Crippen LogP contribution in [0, 0.1) is 0 Å². The molecule has 0 fully saturated rings. The van der Waals surface area contributed by atoms with E-state index in [0.717, 1.165) is 60.5 Å². The number of hydrogen-bond acceptors (Lipinski definition) is 1. The van der Waals surface area contributed by atoms with Crippen molar-refractivity contribution in [2.24, 2.45) is 0 Å². The average Bonchev–Trinajstić information content (AvgIpc) is 3.81. The number of rotatable bonds is 4. The number of nitrogens with zero attached hydrogens (tertiary/aromatic N) is 2. The van der Waals surface area contributed by atoms with Crippen LogP contribution in [0.5, 0.6) is 0 Å². The van der Waals surface area contributed by atoms with Crippen LogP contribution < -0.4 is 10.6 Å². The van der Waals surface area contributed by atoms with Gasteiger partial charge in [0.2, 0.25) is 0 Å². The topological polar surface area (TPSA) is 23.0 Å². The first-order valence-corrected chi connectivity index (χ1v) is 17.1. The van der Waals surface area contributed by atoms with E-state index >= 15 is 0 Å². The van der Waals surface area contributed by atoms with Gasteiger partial charge in [-0.25, -0.2) is 0 Å². The van der Waals surface area contributed by atoms with Crippen molar-refractivity contribution in [3.8, 4) is 22.5 Å². The Morgan fingerprint density at radius 1 is 0.540 bits per heavy atom. The highest BCUT2D eigenvalue weighted by atomic mass is 16.3. The number of hydrogen-bond donors (Lipinski definition) is 0. The third-order valence-electron chi connectivity index (χ3n) is 10.2. The van der Waals surface area contributed by atoms with Crippen LogP contribution in [0.2, 0.25) is 0 Å². The minimum atomic E-state index is 0.908. The number of para-hydroxylation sites is 4. The van der Waals surface area contributed by atoms with Crippen molar-refractivity contribution in [2.75, 3.05) is 0 Å². The molecule has 3 aromatic heterocycles. The number of aromatic nitrogens is 2. The summed E-state index contributed by atoms with van der Waals surface area (Å²) in [6.45, 7) is 6.73. The maximum absolute atomic E-state index is 6.37. The maximum atomic E-state index is 6.37. The molecule has 50 heavy (non-hydrogen) atoms. The molecule has 0 aliphatic rings. The summed E-state index contributed by atoms with van der Waals surface area (Å²) in [5.74, 6) is 0. The zero-order valence-corrected chi connectivity index (χ0v) is 27.6. The Labute approximate surface area is 288 Å². The minimum absolute atomic E-state index is 0.908. The first-order chi connectivity index (χ1) is 24.7. The summed E-state index contributed by atoms with van der Waals surface area (Å²) in [4.78, 5) is 0. The summed E-state index contributed by atoms with van der Waals surface area (Å²) in [7, 11) is 0. The van der Waals surface area contributed by atoms with Gasteiger partial charge in [0.25, 0.3) is 0 Å². The molecule has 10 rings (SSSR count). The quantitative estimate of drug-likeness (QED) is 0.188. The Morgan fingerprint density at radius 2 is 1.22 bits per heavy atom. The van der Waals surface area contributed by atoms with E-state index in [2.05, 4.69) is 174 Å². The highest BCUT2D eigenvalue weighted by Gasteiger charge is 2.19. The Bertz CT molecular complexity index is 3100. The first-order valence-electron chi connectivity index (χ1n) is 17.1. The van der Waals surface area contributed by atoms with Gasteiger partial charge in [-0.2, -0.15) is 0 Å². The molecule has 0 bridgehead atoms. The molecule has 0 atom stereocenters. The van der Waals surface area contributed by atoms with Crippen molar-refractivity contribution in [1.82, 2.24) is 9.13 Å². The molecule has 0 unspecified atom stereocenters. The van der Waals surface area contributed by atoms with Gasteiger partial charge < -0.3 is 13.6 Å². The predicted molar refractivity (Wildman–Crippen MR) is 212 cm³/mol. The second-order valence-corrected chi connectivity index (χ2v) is 12.9. The second-order valence-electron chi connectivity index (χ2n) is 12.9. The monoisotopic (exact) mass is 640 g/mol. The lowest BCUT2D eigenvalue weighted by Crippen LogP contribution is -2.26. The van der Waals surface area contributed by atoms with Crippen LogP contribution in [0.1, 0.15) is 6.92 Å². The lowest BCUT2D eigenvalue weighted by Gasteiger charge is -2.11. The highest BCUT2D eigenvalue weighted by molar-refractivity contribution is 6.23. The Morgan fingerprint density at radius 3 is 2.06 bits per heavy atom. The molecule has 0 radical (unpaired) electrons. The molecular weight excluding hydrogens is 609 g/mol. The molecular formula is C47H32N2O. The van der Waals surface area contributed by atoms with Crippen molar-refractivity contribution in [2.45, 2.75) is 6.92 Å². The summed E-state index contributed by atoms with van der Waals surface area (Å²) in [5, 5.41) is 10.5. The fourth-order valence-corrected chi connectivity index (χ4v) is 8.01. The van der Waals surface area contributed by atoms with E-state index in [-0.39, 0.29) is 0 Å². The first kappa shape index (κ1) is 28.4. The fraction of sp³-hybridized carbons (Fsp3) is 0.0213. The van der Waals surface area contributed by atoms with Gasteiger partial charge in [-0.3, -0.25) is 0 Å². The molecule has 3 heteroatoms. The summed E-state index contributed by atoms with van der Waals surface area (Å²) in [6.07, 6.45) is 6.39. The largest absolute Gasteiger partial charge is 0.455 e. The Hall–Kier alpha value is -6.58. The molecule has 0 aliphatic carbocycles. The molecule has 236 valence electrons. The number of fused-ring (bicyclic) bond motifs is 10. The third kappa shape index (κ3) is 4.04. The Balaban J connectivity index is 1.21. The number of benzene rings is 7. The molecule has 0 spiro atoms. The molecule has 3 nitrogen and oxygen atoms in total. The van der Waals surface area contributed by atoms with Crippen molar-refractivity contribution in [1.29, 1.82) is 0 Å². The van der Waals surface area contributed by atoms with Gasteiger partial charge in [0, 0.05) is 59.8 Å². The van der Waals surface area contributed by atoms with E-state index in [0.29, 0.717) is 0 Å². The SMILES string of the molecule is C=c1/c(=C\C=C/C)c2c3ccc4c5ccccc5n(-c5ccccc5)c4c3ccc2n1-c1ccc(-c2cccc3c2oc2ccccc23)cc1. The van der Waals surface area contributed by atoms with Crippen LogP contribution in [0.15, 0.2) is 162 Å². The van der Waals surface area contributed by atoms with E-state index in [1.807, 2.05) is 12.1 Å². The summed E-state index contributed by atoms with van der Waals surface area (Å²) < 4.78 is 11.1. The lowest BCUT2D eigenvalue weighted by molar-refractivity contribution is 0.670. The second kappa shape index (κ2) is 11.0. The van der Waals surface area contributed by atoms with Crippen molar-refractivity contribution in [3.63, 3.8) is 0 Å². The van der Waals surface area contributed by atoms with Crippen LogP contribution in [0.25, 0.3) is 101 Å². The van der Waals surface area contributed by atoms with Crippen LogP contribution in [-0.4, -0.2) is 9.13 Å². The molecule has 3 heterocycles. The van der Waals surface area contributed by atoms with E-state index in [4.69, 9.17) is 4.42 Å². The molecule has 0 saturated carbocycles. The summed E-state index contributed by atoms with van der Waals surface area (Å²) in [5.41, 5.74) is 9.80. The smallest absolute Gasteiger partial charge is 0.143 e. The molecule has 0 saturated heterocycles. The van der Waals surface area contributed by atoms with E-state index < -0.39 is 0 Å². The van der Waals surface area contributed by atoms with Gasteiger partial charge in [0.05, 0.1) is 16.6 Å². The molecule has 0 amide bonds. The maximum Gasteiger partial charge on any atom is 0.143 e. The minimum Gasteiger partial charge on any atom is -0.455 e. The molecule has 0 aliphatic heterocycles. The Kier molecular flexibility index (Phi) is 6.24. The van der Waals surface area contributed by atoms with Gasteiger partial charge in [0.15, 0.2) is 0 Å². The zero-order chi connectivity index (χ0) is 33.3. The summed E-state index contributed by atoms with van der Waals surface area (Å²) in [6, 6.07) is 52.0. The van der Waals surface area contributed by atoms with Gasteiger partial charge >= 0.3 is 0 Å². The van der Waals surface area contributed by atoms with Crippen LogP contribution >= 0.6 is 0 Å². The van der Waals surface area contributed by atoms with Gasteiger partial charge in [-0.05, 0) is 60.3 Å². The van der Waals surface area contributed by atoms with Gasteiger partial charge in [0.1, 0.15) is 11.2 Å². The third-order valence-corrected chi connectivity index (χ3v) is 10.2. The van der Waals surface area contributed by atoms with E-state index in [1.165, 1.54) is 38.0 Å². The van der Waals surface area contributed by atoms with Gasteiger partial charge in [-0.15, -0.1) is 0 Å². The predicted octanol–water partition coefficient (Wildman–Crippen LogP) is 11.2. The highest BCUT2D eigenvalue weighted by Crippen LogP contribution is 2.39.